The van der Waals surface area contributed by atoms with Crippen LogP contribution in [0.25, 0.3) is 0 Å². The summed E-state index contributed by atoms with van der Waals surface area (Å²) in [4.78, 5) is 25.5. The average molecular weight is 452 g/mol. The molecule has 1 saturated heterocycles. The van der Waals surface area contributed by atoms with Gasteiger partial charge in [-0.15, -0.1) is 0 Å². The van der Waals surface area contributed by atoms with E-state index in [1.165, 1.54) is 36.5 Å². The number of aromatic nitrogens is 3. The number of aromatic hydroxyl groups is 2. The Morgan fingerprint density at radius 2 is 1.79 bits per heavy atom. The van der Waals surface area contributed by atoms with Crippen LogP contribution in [0.3, 0.4) is 0 Å². The van der Waals surface area contributed by atoms with Crippen molar-refractivity contribution in [2.75, 3.05) is 41.9 Å². The molecule has 0 aliphatic carbocycles. The number of hydrazone groups is 1. The first kappa shape index (κ1) is 21.7. The minimum Gasteiger partial charge on any atom is -0.508 e. The molecule has 4 rings (SSSR count). The molecule has 1 fully saturated rings. The summed E-state index contributed by atoms with van der Waals surface area (Å²) in [6.07, 6.45) is 1.36. The maximum absolute atomic E-state index is 10.9. The zero-order valence-electron chi connectivity index (χ0n) is 17.2. The Morgan fingerprint density at radius 1 is 1.06 bits per heavy atom. The molecule has 0 saturated carbocycles. The molecule has 3 aromatic rings. The highest BCUT2D eigenvalue weighted by atomic mass is 16.6. The topological polar surface area (TPSA) is 171 Å². The van der Waals surface area contributed by atoms with E-state index in [9.17, 15) is 20.3 Å². The normalized spacial score (nSPS) is 13.8. The van der Waals surface area contributed by atoms with Gasteiger partial charge < -0.3 is 25.2 Å². The van der Waals surface area contributed by atoms with Crippen LogP contribution in [0, 0.1) is 10.1 Å². The van der Waals surface area contributed by atoms with Gasteiger partial charge in [0.15, 0.2) is 0 Å². The number of anilines is 4. The first-order valence-corrected chi connectivity index (χ1v) is 9.89. The van der Waals surface area contributed by atoms with E-state index in [4.69, 9.17) is 4.74 Å². The van der Waals surface area contributed by atoms with Gasteiger partial charge in [0.05, 0.1) is 24.4 Å². The molecule has 2 heterocycles. The molecular weight excluding hydrogens is 432 g/mol. The lowest BCUT2D eigenvalue weighted by molar-refractivity contribution is -0.384. The number of nitrogens with zero attached hydrogens (tertiary/aromatic N) is 6. The molecule has 0 amide bonds. The number of nitro groups is 1. The number of non-ortho nitro benzene ring substituents is 1. The van der Waals surface area contributed by atoms with Crippen LogP contribution in [-0.2, 0) is 4.74 Å². The van der Waals surface area contributed by atoms with Crippen LogP contribution in [0.15, 0.2) is 47.6 Å². The molecule has 0 spiro atoms. The number of nitro benzene ring substituents is 1. The molecule has 4 N–H and O–H groups in total. The Bertz CT molecular complexity index is 1170. The number of ether oxygens (including phenoxy) is 1. The van der Waals surface area contributed by atoms with E-state index in [-0.39, 0.29) is 29.1 Å². The van der Waals surface area contributed by atoms with Gasteiger partial charge in [-0.25, -0.2) is 5.43 Å². The van der Waals surface area contributed by atoms with Crippen molar-refractivity contribution in [3.05, 3.63) is 58.1 Å². The lowest BCUT2D eigenvalue weighted by Crippen LogP contribution is -2.37. The van der Waals surface area contributed by atoms with Gasteiger partial charge in [-0.2, -0.15) is 20.1 Å². The zero-order valence-corrected chi connectivity index (χ0v) is 17.2. The molecule has 1 aromatic heterocycles. The first-order valence-electron chi connectivity index (χ1n) is 9.89. The molecule has 1 aliphatic rings. The Morgan fingerprint density at radius 3 is 2.48 bits per heavy atom. The number of rotatable bonds is 7. The summed E-state index contributed by atoms with van der Waals surface area (Å²) in [7, 11) is 0. The van der Waals surface area contributed by atoms with Crippen LogP contribution >= 0.6 is 0 Å². The van der Waals surface area contributed by atoms with Gasteiger partial charge in [-0.3, -0.25) is 10.1 Å². The fraction of sp³-hybridized carbons (Fsp3) is 0.200. The number of phenolic OH excluding ortho intramolecular Hbond substituents is 2. The Labute approximate surface area is 187 Å². The van der Waals surface area contributed by atoms with E-state index in [0.717, 1.165) is 0 Å². The second-order valence-electron chi connectivity index (χ2n) is 6.92. The Kier molecular flexibility index (Phi) is 6.40. The van der Waals surface area contributed by atoms with E-state index in [1.54, 1.807) is 12.1 Å². The summed E-state index contributed by atoms with van der Waals surface area (Å²) in [5.41, 5.74) is 3.62. The van der Waals surface area contributed by atoms with Crippen molar-refractivity contribution in [1.29, 1.82) is 0 Å². The number of benzene rings is 2. The summed E-state index contributed by atoms with van der Waals surface area (Å²) in [6, 6.07) is 9.98. The fourth-order valence-electron chi connectivity index (χ4n) is 2.97. The number of hydrogen-bond acceptors (Lipinski definition) is 12. The van der Waals surface area contributed by atoms with Crippen LogP contribution in [-0.4, -0.2) is 62.6 Å². The smallest absolute Gasteiger partial charge is 0.269 e. The van der Waals surface area contributed by atoms with Crippen LogP contribution in [0.4, 0.5) is 29.2 Å². The fourth-order valence-corrected chi connectivity index (χ4v) is 2.97. The Hall–Kier alpha value is -4.52. The van der Waals surface area contributed by atoms with E-state index >= 15 is 0 Å². The van der Waals surface area contributed by atoms with Crippen LogP contribution < -0.4 is 15.6 Å². The summed E-state index contributed by atoms with van der Waals surface area (Å²) in [5, 5.41) is 37.2. The van der Waals surface area contributed by atoms with Crippen molar-refractivity contribution in [2.45, 2.75) is 0 Å². The molecule has 170 valence electrons. The maximum Gasteiger partial charge on any atom is 0.269 e. The van der Waals surface area contributed by atoms with E-state index in [2.05, 4.69) is 30.8 Å². The first-order chi connectivity index (χ1) is 16.0. The number of nitrogens with one attached hydrogen (secondary N) is 2. The molecule has 33 heavy (non-hydrogen) atoms. The quantitative estimate of drug-likeness (QED) is 0.235. The van der Waals surface area contributed by atoms with Crippen LogP contribution in [0.2, 0.25) is 0 Å². The van der Waals surface area contributed by atoms with Crippen molar-refractivity contribution in [3.63, 3.8) is 0 Å². The minimum absolute atomic E-state index is 0.0284. The van der Waals surface area contributed by atoms with Gasteiger partial charge in [0, 0.05) is 42.5 Å². The summed E-state index contributed by atoms with van der Waals surface area (Å²) < 4.78 is 5.38. The van der Waals surface area contributed by atoms with Crippen molar-refractivity contribution >= 4 is 35.4 Å². The third-order valence-corrected chi connectivity index (χ3v) is 4.63. The van der Waals surface area contributed by atoms with Crippen LogP contribution in [0.1, 0.15) is 5.56 Å². The molecule has 1 aliphatic heterocycles. The molecule has 2 aromatic carbocycles. The summed E-state index contributed by atoms with van der Waals surface area (Å²) >= 11 is 0. The largest absolute Gasteiger partial charge is 0.508 e. The SMILES string of the molecule is O=[N+]([O-])c1ccc(Nc2nc(N/N=C/c3ccc(O)cc3O)nc(N3CCOCC3)n2)cc1. The average Bonchev–Trinajstić information content (AvgIpc) is 2.81. The van der Waals surface area contributed by atoms with Gasteiger partial charge in [-0.1, -0.05) is 0 Å². The molecule has 0 radical (unpaired) electrons. The van der Waals surface area contributed by atoms with Crippen molar-refractivity contribution in [3.8, 4) is 11.5 Å². The van der Waals surface area contributed by atoms with Crippen molar-refractivity contribution < 1.29 is 19.9 Å². The number of morpholine rings is 1. The number of phenols is 2. The lowest BCUT2D eigenvalue weighted by Gasteiger charge is -2.27. The highest BCUT2D eigenvalue weighted by molar-refractivity contribution is 5.84. The van der Waals surface area contributed by atoms with Crippen molar-refractivity contribution in [2.24, 2.45) is 5.10 Å². The lowest BCUT2D eigenvalue weighted by atomic mass is 10.2. The molecule has 13 nitrogen and oxygen atoms in total. The second kappa shape index (κ2) is 9.74. The van der Waals surface area contributed by atoms with Gasteiger partial charge in [0.1, 0.15) is 11.5 Å². The van der Waals surface area contributed by atoms with Gasteiger partial charge in [0.25, 0.3) is 5.69 Å². The van der Waals surface area contributed by atoms with Gasteiger partial charge >= 0.3 is 0 Å². The second-order valence-corrected chi connectivity index (χ2v) is 6.92. The predicted octanol–water partition coefficient (Wildman–Crippen LogP) is 2.22. The molecule has 0 unspecified atom stereocenters. The highest BCUT2D eigenvalue weighted by Gasteiger charge is 2.17. The van der Waals surface area contributed by atoms with Crippen molar-refractivity contribution in [1.82, 2.24) is 15.0 Å². The predicted molar refractivity (Wildman–Crippen MR) is 120 cm³/mol. The highest BCUT2D eigenvalue weighted by Crippen LogP contribution is 2.22. The minimum atomic E-state index is -0.477. The Balaban J connectivity index is 1.57. The van der Waals surface area contributed by atoms with Gasteiger partial charge in [0.2, 0.25) is 17.8 Å². The summed E-state index contributed by atoms with van der Waals surface area (Å²) in [6.45, 7) is 2.28. The third kappa shape index (κ3) is 5.59. The van der Waals surface area contributed by atoms with Crippen LogP contribution in [0.5, 0.6) is 11.5 Å². The molecule has 0 atom stereocenters. The van der Waals surface area contributed by atoms with Gasteiger partial charge in [-0.05, 0) is 24.3 Å². The number of hydrogen-bond donors (Lipinski definition) is 4. The standard InChI is InChI=1S/C20H20N8O5/c29-16-6-1-13(17(30)11-16)12-21-26-19-23-18(22-14-2-4-15(5-3-14)28(31)32)24-20(25-19)27-7-9-33-10-8-27/h1-6,11-12,29-30H,7-10H2,(H2,22,23,24,25,26)/b21-12+. The van der Waals surface area contributed by atoms with E-state index < -0.39 is 4.92 Å². The molecular formula is C20H20N8O5. The van der Waals surface area contributed by atoms with E-state index in [1.807, 2.05) is 4.90 Å². The third-order valence-electron chi connectivity index (χ3n) is 4.63. The monoisotopic (exact) mass is 452 g/mol. The zero-order chi connectivity index (χ0) is 23.2. The molecule has 13 heteroatoms. The maximum atomic E-state index is 10.9. The summed E-state index contributed by atoms with van der Waals surface area (Å²) in [5.74, 6) is 0.566. The molecule has 0 bridgehead atoms. The van der Waals surface area contributed by atoms with E-state index in [0.29, 0.717) is 43.5 Å².